The highest BCUT2D eigenvalue weighted by Gasteiger charge is 2.07. The zero-order valence-electron chi connectivity index (χ0n) is 9.14. The summed E-state index contributed by atoms with van der Waals surface area (Å²) >= 11 is 0. The van der Waals surface area contributed by atoms with E-state index in [4.69, 9.17) is 0 Å². The lowest BCUT2D eigenvalue weighted by molar-refractivity contribution is 1.25. The van der Waals surface area contributed by atoms with Gasteiger partial charge in [-0.15, -0.1) is 0 Å². The molecule has 0 saturated carbocycles. The van der Waals surface area contributed by atoms with Gasteiger partial charge >= 0.3 is 0 Å². The Balaban J connectivity index is 2.41. The Labute approximate surface area is 94.4 Å². The lowest BCUT2D eigenvalue weighted by Gasteiger charge is -2.05. The standard InChI is InChI=1S/C14H12N2/c1-10-5-6-12-8-7-11-4-2-3-9-15-13(11)14(12)16-10/h2,4-9H,3H2,1H3. The largest absolute Gasteiger partial charge is 0.258 e. The Bertz CT molecular complexity index is 609. The summed E-state index contributed by atoms with van der Waals surface area (Å²) in [5.74, 6) is 0. The second kappa shape index (κ2) is 3.56. The van der Waals surface area contributed by atoms with E-state index in [9.17, 15) is 0 Å². The van der Waals surface area contributed by atoms with Gasteiger partial charge in [0, 0.05) is 29.3 Å². The van der Waals surface area contributed by atoms with Crippen molar-refractivity contribution in [1.29, 1.82) is 0 Å². The van der Waals surface area contributed by atoms with E-state index < -0.39 is 0 Å². The molecule has 1 aromatic carbocycles. The highest BCUT2D eigenvalue weighted by atomic mass is 14.8. The Kier molecular flexibility index (Phi) is 2.07. The van der Waals surface area contributed by atoms with E-state index in [0.717, 1.165) is 34.3 Å². The van der Waals surface area contributed by atoms with Crippen LogP contribution in [-0.4, -0.2) is 11.2 Å². The molecule has 0 unspecified atom stereocenters. The molecule has 0 N–H and O–H groups in total. The van der Waals surface area contributed by atoms with Crippen molar-refractivity contribution >= 4 is 28.9 Å². The molecule has 3 rings (SSSR count). The molecule has 78 valence electrons. The maximum Gasteiger partial charge on any atom is 0.0967 e. The third-order valence-electron chi connectivity index (χ3n) is 2.77. The third-order valence-corrected chi connectivity index (χ3v) is 2.77. The summed E-state index contributed by atoms with van der Waals surface area (Å²) in [6.45, 7) is 2.01. The van der Waals surface area contributed by atoms with E-state index in [1.165, 1.54) is 0 Å². The van der Waals surface area contributed by atoms with Crippen molar-refractivity contribution in [3.8, 4) is 0 Å². The normalized spacial score (nSPS) is 13.8. The molecule has 0 radical (unpaired) electrons. The number of fused-ring (bicyclic) bond motifs is 3. The summed E-state index contributed by atoms with van der Waals surface area (Å²) in [5.41, 5.74) is 4.18. The van der Waals surface area contributed by atoms with Gasteiger partial charge < -0.3 is 0 Å². The third kappa shape index (κ3) is 1.43. The lowest BCUT2D eigenvalue weighted by atomic mass is 10.1. The minimum Gasteiger partial charge on any atom is -0.258 e. The smallest absolute Gasteiger partial charge is 0.0967 e. The molecule has 0 saturated heterocycles. The zero-order valence-corrected chi connectivity index (χ0v) is 9.14. The summed E-state index contributed by atoms with van der Waals surface area (Å²) in [6, 6.07) is 8.34. The molecule has 2 aromatic rings. The molecular weight excluding hydrogens is 196 g/mol. The van der Waals surface area contributed by atoms with Crippen LogP contribution in [-0.2, 0) is 0 Å². The van der Waals surface area contributed by atoms with Crippen LogP contribution in [0.1, 0.15) is 17.7 Å². The van der Waals surface area contributed by atoms with Crippen LogP contribution >= 0.6 is 0 Å². The maximum atomic E-state index is 4.58. The van der Waals surface area contributed by atoms with Crippen molar-refractivity contribution in [1.82, 2.24) is 4.98 Å². The second-order valence-electron chi connectivity index (χ2n) is 3.98. The van der Waals surface area contributed by atoms with Crippen molar-refractivity contribution in [2.75, 3.05) is 0 Å². The Morgan fingerprint density at radius 1 is 1.12 bits per heavy atom. The van der Waals surface area contributed by atoms with E-state index >= 15 is 0 Å². The summed E-state index contributed by atoms with van der Waals surface area (Å²) < 4.78 is 0. The molecule has 1 aliphatic heterocycles. The van der Waals surface area contributed by atoms with Crippen LogP contribution in [0, 0.1) is 6.92 Å². The van der Waals surface area contributed by atoms with Gasteiger partial charge in [-0.05, 0) is 13.0 Å². The number of pyridine rings is 1. The Hall–Kier alpha value is -1.96. The molecule has 1 aliphatic rings. The molecule has 0 amide bonds. The maximum absolute atomic E-state index is 4.58. The number of aryl methyl sites for hydroxylation is 1. The van der Waals surface area contributed by atoms with Gasteiger partial charge in [0.1, 0.15) is 0 Å². The van der Waals surface area contributed by atoms with E-state index in [2.05, 4.69) is 40.3 Å². The first-order valence-corrected chi connectivity index (χ1v) is 5.44. The first kappa shape index (κ1) is 9.28. The van der Waals surface area contributed by atoms with Gasteiger partial charge in [0.05, 0.1) is 11.2 Å². The number of hydrogen-bond acceptors (Lipinski definition) is 2. The van der Waals surface area contributed by atoms with Gasteiger partial charge in [0.2, 0.25) is 0 Å². The summed E-state index contributed by atoms with van der Waals surface area (Å²) in [4.78, 5) is 9.09. The average Bonchev–Trinajstić information content (AvgIpc) is 2.54. The first-order chi connectivity index (χ1) is 7.84. The minimum absolute atomic E-state index is 0.891. The van der Waals surface area contributed by atoms with E-state index in [-0.39, 0.29) is 0 Å². The van der Waals surface area contributed by atoms with Crippen molar-refractivity contribution in [3.63, 3.8) is 0 Å². The van der Waals surface area contributed by atoms with Gasteiger partial charge in [-0.2, -0.15) is 0 Å². The number of aromatic nitrogens is 1. The van der Waals surface area contributed by atoms with Crippen LogP contribution in [0.3, 0.4) is 0 Å². The fraction of sp³-hybridized carbons (Fsp3) is 0.143. The number of allylic oxidation sites excluding steroid dienone is 1. The van der Waals surface area contributed by atoms with Crippen LogP contribution < -0.4 is 0 Å². The van der Waals surface area contributed by atoms with Gasteiger partial charge in [0.25, 0.3) is 0 Å². The van der Waals surface area contributed by atoms with Crippen LogP contribution in [0.15, 0.2) is 35.3 Å². The average molecular weight is 208 g/mol. The fourth-order valence-corrected chi connectivity index (χ4v) is 1.96. The molecule has 2 heterocycles. The van der Waals surface area contributed by atoms with Crippen molar-refractivity contribution < 1.29 is 0 Å². The molecule has 0 bridgehead atoms. The quantitative estimate of drug-likeness (QED) is 0.648. The van der Waals surface area contributed by atoms with Gasteiger partial charge in [-0.1, -0.05) is 30.4 Å². The molecule has 16 heavy (non-hydrogen) atoms. The molecule has 1 aromatic heterocycles. The first-order valence-electron chi connectivity index (χ1n) is 5.44. The Morgan fingerprint density at radius 3 is 2.94 bits per heavy atom. The summed E-state index contributed by atoms with van der Waals surface area (Å²) in [5, 5.41) is 1.15. The predicted molar refractivity (Wildman–Crippen MR) is 68.3 cm³/mol. The van der Waals surface area contributed by atoms with Gasteiger partial charge in [0.15, 0.2) is 0 Å². The number of aliphatic imine (C=N–C) groups is 1. The van der Waals surface area contributed by atoms with Crippen LogP contribution in [0.5, 0.6) is 0 Å². The molecule has 2 heteroatoms. The lowest BCUT2D eigenvalue weighted by Crippen LogP contribution is -1.85. The number of nitrogens with zero attached hydrogens (tertiary/aromatic N) is 2. The Morgan fingerprint density at radius 2 is 2.00 bits per heavy atom. The summed E-state index contributed by atoms with van der Waals surface area (Å²) in [6.07, 6.45) is 7.07. The van der Waals surface area contributed by atoms with Crippen LogP contribution in [0.25, 0.3) is 17.0 Å². The molecule has 2 nitrogen and oxygen atoms in total. The molecule has 0 fully saturated rings. The highest BCUT2D eigenvalue weighted by Crippen LogP contribution is 2.30. The minimum atomic E-state index is 0.891. The highest BCUT2D eigenvalue weighted by molar-refractivity contribution is 5.95. The van der Waals surface area contributed by atoms with Gasteiger partial charge in [-0.3, -0.25) is 9.98 Å². The number of rotatable bonds is 0. The second-order valence-corrected chi connectivity index (χ2v) is 3.98. The van der Waals surface area contributed by atoms with Crippen molar-refractivity contribution in [3.05, 3.63) is 41.6 Å². The number of benzene rings is 1. The monoisotopic (exact) mass is 208 g/mol. The fourth-order valence-electron chi connectivity index (χ4n) is 1.96. The van der Waals surface area contributed by atoms with Crippen molar-refractivity contribution in [2.24, 2.45) is 4.99 Å². The zero-order chi connectivity index (χ0) is 11.0. The molecule has 0 atom stereocenters. The molecule has 0 spiro atoms. The predicted octanol–water partition coefficient (Wildman–Crippen LogP) is 3.66. The molecular formula is C14H12N2. The van der Waals surface area contributed by atoms with Crippen molar-refractivity contribution in [2.45, 2.75) is 13.3 Å². The van der Waals surface area contributed by atoms with E-state index in [1.54, 1.807) is 0 Å². The van der Waals surface area contributed by atoms with E-state index in [0.29, 0.717) is 0 Å². The topological polar surface area (TPSA) is 25.2 Å². The number of hydrogen-bond donors (Lipinski definition) is 0. The van der Waals surface area contributed by atoms with E-state index in [1.807, 2.05) is 19.2 Å². The summed E-state index contributed by atoms with van der Waals surface area (Å²) in [7, 11) is 0. The SMILES string of the molecule is Cc1ccc2ccc3c(c2n1)N=CCC=C3. The van der Waals surface area contributed by atoms with Crippen LogP contribution in [0.4, 0.5) is 5.69 Å². The van der Waals surface area contributed by atoms with Crippen LogP contribution in [0.2, 0.25) is 0 Å². The molecule has 0 aliphatic carbocycles. The van der Waals surface area contributed by atoms with Gasteiger partial charge in [-0.25, -0.2) is 0 Å².